The van der Waals surface area contributed by atoms with E-state index in [1.54, 1.807) is 31.2 Å². The van der Waals surface area contributed by atoms with Gasteiger partial charge in [0.1, 0.15) is 6.54 Å². The molecule has 0 unspecified atom stereocenters. The fraction of sp³-hybridized carbons (Fsp3) is 0.357. The largest absolute Gasteiger partial charge is 0.465 e. The lowest BCUT2D eigenvalue weighted by molar-refractivity contribution is -0.143. The topological polar surface area (TPSA) is 84.5 Å². The quantitative estimate of drug-likeness (QED) is 0.756. The van der Waals surface area contributed by atoms with Gasteiger partial charge >= 0.3 is 5.97 Å². The summed E-state index contributed by atoms with van der Waals surface area (Å²) >= 11 is 0. The molecule has 0 fully saturated rings. The van der Waals surface area contributed by atoms with E-state index in [-0.39, 0.29) is 24.8 Å². The molecular weight excluding hydrogens is 260 g/mol. The van der Waals surface area contributed by atoms with Crippen LogP contribution in [0.25, 0.3) is 0 Å². The van der Waals surface area contributed by atoms with E-state index in [0.29, 0.717) is 12.3 Å². The Labute approximate surface area is 117 Å². The minimum Gasteiger partial charge on any atom is -0.465 e. The molecule has 0 saturated heterocycles. The molecule has 2 N–H and O–H groups in total. The Morgan fingerprint density at radius 1 is 1.15 bits per heavy atom. The predicted molar refractivity (Wildman–Crippen MR) is 74.1 cm³/mol. The van der Waals surface area contributed by atoms with Gasteiger partial charge in [0, 0.05) is 12.6 Å². The number of nitrogens with one attached hydrogen (secondary N) is 2. The highest BCUT2D eigenvalue weighted by Crippen LogP contribution is 2.09. The molecule has 6 nitrogen and oxygen atoms in total. The first-order valence-electron chi connectivity index (χ1n) is 6.30. The first-order chi connectivity index (χ1) is 9.51. The summed E-state index contributed by atoms with van der Waals surface area (Å²) in [5.74, 6) is -0.864. The third kappa shape index (κ3) is 5.99. The van der Waals surface area contributed by atoms with Crippen LogP contribution in [0.3, 0.4) is 0 Å². The van der Waals surface area contributed by atoms with Gasteiger partial charge in [-0.05, 0) is 24.6 Å². The first-order valence-corrected chi connectivity index (χ1v) is 6.30. The Bertz CT molecular complexity index is 482. The summed E-state index contributed by atoms with van der Waals surface area (Å²) in [6, 6.07) is 6.93. The van der Waals surface area contributed by atoms with Gasteiger partial charge in [0.25, 0.3) is 0 Å². The molecule has 0 aliphatic heterocycles. The first kappa shape index (κ1) is 15.7. The highest BCUT2D eigenvalue weighted by Gasteiger charge is 2.07. The lowest BCUT2D eigenvalue weighted by Gasteiger charge is -2.06. The number of amides is 2. The van der Waals surface area contributed by atoms with Crippen LogP contribution in [0.5, 0.6) is 0 Å². The van der Waals surface area contributed by atoms with Crippen molar-refractivity contribution in [1.82, 2.24) is 5.32 Å². The molecule has 20 heavy (non-hydrogen) atoms. The molecule has 0 spiro atoms. The molecule has 0 aliphatic carbocycles. The van der Waals surface area contributed by atoms with Crippen molar-refractivity contribution >= 4 is 23.5 Å². The van der Waals surface area contributed by atoms with Crippen LogP contribution in [-0.4, -0.2) is 30.9 Å². The summed E-state index contributed by atoms with van der Waals surface area (Å²) < 4.78 is 4.70. The second-order valence-corrected chi connectivity index (χ2v) is 4.14. The fourth-order valence-electron chi connectivity index (χ4n) is 1.54. The van der Waals surface area contributed by atoms with Crippen LogP contribution >= 0.6 is 0 Å². The molecule has 0 heterocycles. The molecule has 0 bridgehead atoms. The van der Waals surface area contributed by atoms with Gasteiger partial charge in [-0.2, -0.15) is 0 Å². The van der Waals surface area contributed by atoms with Gasteiger partial charge in [-0.1, -0.05) is 12.1 Å². The van der Waals surface area contributed by atoms with E-state index in [1.165, 1.54) is 6.92 Å². The van der Waals surface area contributed by atoms with Crippen molar-refractivity contribution in [1.29, 1.82) is 0 Å². The van der Waals surface area contributed by atoms with E-state index in [2.05, 4.69) is 10.6 Å². The van der Waals surface area contributed by atoms with Crippen LogP contribution < -0.4 is 10.6 Å². The number of anilines is 1. The fourth-order valence-corrected chi connectivity index (χ4v) is 1.54. The molecule has 1 rings (SSSR count). The Hall–Kier alpha value is -2.37. The zero-order valence-corrected chi connectivity index (χ0v) is 11.6. The predicted octanol–water partition coefficient (Wildman–Crippen LogP) is 0.867. The smallest absolute Gasteiger partial charge is 0.325 e. The number of ether oxygens (including phenoxy) is 1. The van der Waals surface area contributed by atoms with Gasteiger partial charge in [-0.25, -0.2) is 0 Å². The Morgan fingerprint density at radius 2 is 1.80 bits per heavy atom. The molecule has 0 aliphatic rings. The van der Waals surface area contributed by atoms with Crippen molar-refractivity contribution in [2.45, 2.75) is 20.3 Å². The van der Waals surface area contributed by atoms with Crippen molar-refractivity contribution in [3.8, 4) is 0 Å². The number of rotatable bonds is 6. The van der Waals surface area contributed by atoms with Crippen molar-refractivity contribution in [2.24, 2.45) is 0 Å². The highest BCUT2D eigenvalue weighted by molar-refractivity contribution is 5.88. The highest BCUT2D eigenvalue weighted by atomic mass is 16.5. The summed E-state index contributed by atoms with van der Waals surface area (Å²) in [6.45, 7) is 3.29. The third-order valence-electron chi connectivity index (χ3n) is 2.37. The van der Waals surface area contributed by atoms with Gasteiger partial charge in [0.05, 0.1) is 13.0 Å². The zero-order valence-electron chi connectivity index (χ0n) is 11.6. The van der Waals surface area contributed by atoms with Crippen LogP contribution in [0.4, 0.5) is 5.69 Å². The van der Waals surface area contributed by atoms with Crippen molar-refractivity contribution < 1.29 is 19.1 Å². The van der Waals surface area contributed by atoms with E-state index in [0.717, 1.165) is 5.56 Å². The van der Waals surface area contributed by atoms with E-state index in [9.17, 15) is 14.4 Å². The van der Waals surface area contributed by atoms with Crippen LogP contribution in [0.15, 0.2) is 24.3 Å². The molecular formula is C14H18N2O4. The average Bonchev–Trinajstić information content (AvgIpc) is 2.38. The number of esters is 1. The Kier molecular flexibility index (Phi) is 6.22. The lowest BCUT2D eigenvalue weighted by Crippen LogP contribution is -2.31. The summed E-state index contributed by atoms with van der Waals surface area (Å²) in [5, 5.41) is 5.12. The van der Waals surface area contributed by atoms with E-state index in [4.69, 9.17) is 4.74 Å². The van der Waals surface area contributed by atoms with Gasteiger partial charge in [0.2, 0.25) is 11.8 Å². The van der Waals surface area contributed by atoms with E-state index in [1.807, 2.05) is 0 Å². The molecule has 0 saturated carbocycles. The molecule has 1 aromatic rings. The normalized spacial score (nSPS) is 9.70. The average molecular weight is 278 g/mol. The maximum Gasteiger partial charge on any atom is 0.325 e. The van der Waals surface area contributed by atoms with Crippen LogP contribution in [0, 0.1) is 0 Å². The SMILES string of the molecule is CCOC(=O)CNC(=O)Cc1ccc(NC(C)=O)cc1. The minimum absolute atomic E-state index is 0.128. The van der Waals surface area contributed by atoms with Crippen molar-refractivity contribution in [2.75, 3.05) is 18.5 Å². The third-order valence-corrected chi connectivity index (χ3v) is 2.37. The van der Waals surface area contributed by atoms with Crippen LogP contribution in [0.1, 0.15) is 19.4 Å². The van der Waals surface area contributed by atoms with E-state index < -0.39 is 5.97 Å². The molecule has 108 valence electrons. The lowest BCUT2D eigenvalue weighted by atomic mass is 10.1. The summed E-state index contributed by atoms with van der Waals surface area (Å²) in [6.07, 6.45) is 0.166. The van der Waals surface area contributed by atoms with Gasteiger partial charge in [-0.15, -0.1) is 0 Å². The Morgan fingerprint density at radius 3 is 2.35 bits per heavy atom. The number of carbonyl (C=O) groups is 3. The van der Waals surface area contributed by atoms with Crippen molar-refractivity contribution in [3.05, 3.63) is 29.8 Å². The molecule has 6 heteroatoms. The van der Waals surface area contributed by atoms with Crippen LogP contribution in [0.2, 0.25) is 0 Å². The number of benzene rings is 1. The molecule has 2 amide bonds. The van der Waals surface area contributed by atoms with E-state index >= 15 is 0 Å². The summed E-state index contributed by atoms with van der Waals surface area (Å²) in [7, 11) is 0. The maximum atomic E-state index is 11.6. The van der Waals surface area contributed by atoms with Gasteiger partial charge < -0.3 is 15.4 Å². The molecule has 0 atom stereocenters. The number of hydrogen-bond donors (Lipinski definition) is 2. The summed E-state index contributed by atoms with van der Waals surface area (Å²) in [4.78, 5) is 33.5. The minimum atomic E-state index is -0.457. The standard InChI is InChI=1S/C14H18N2O4/c1-3-20-14(19)9-15-13(18)8-11-4-6-12(7-5-11)16-10(2)17/h4-7H,3,8-9H2,1-2H3,(H,15,18)(H,16,17). The molecule has 1 aromatic carbocycles. The van der Waals surface area contributed by atoms with Crippen LogP contribution in [-0.2, 0) is 25.5 Å². The number of carbonyl (C=O) groups excluding carboxylic acids is 3. The number of hydrogen-bond acceptors (Lipinski definition) is 4. The second-order valence-electron chi connectivity index (χ2n) is 4.14. The molecule has 0 radical (unpaired) electrons. The summed E-state index contributed by atoms with van der Waals surface area (Å²) in [5.41, 5.74) is 1.47. The van der Waals surface area contributed by atoms with Gasteiger partial charge in [-0.3, -0.25) is 14.4 Å². The zero-order chi connectivity index (χ0) is 15.0. The second kappa shape index (κ2) is 7.93. The Balaban J connectivity index is 2.42. The molecule has 0 aromatic heterocycles. The maximum absolute atomic E-state index is 11.6. The monoisotopic (exact) mass is 278 g/mol. The van der Waals surface area contributed by atoms with Crippen molar-refractivity contribution in [3.63, 3.8) is 0 Å². The van der Waals surface area contributed by atoms with Gasteiger partial charge in [0.15, 0.2) is 0 Å².